The van der Waals surface area contributed by atoms with E-state index in [9.17, 15) is 18.0 Å². The summed E-state index contributed by atoms with van der Waals surface area (Å²) in [4.78, 5) is 10.5. The highest BCUT2D eigenvalue weighted by molar-refractivity contribution is 5.86. The molecule has 0 saturated carbocycles. The van der Waals surface area contributed by atoms with Crippen molar-refractivity contribution in [1.29, 1.82) is 0 Å². The number of halogens is 3. The maximum atomic E-state index is 12.6. The number of hydrogen-bond acceptors (Lipinski definition) is 3. The number of alkyl halides is 3. The van der Waals surface area contributed by atoms with Crippen LogP contribution in [0.3, 0.4) is 0 Å². The van der Waals surface area contributed by atoms with Crippen molar-refractivity contribution >= 4 is 5.97 Å². The Bertz CT molecular complexity index is 386. The SMILES string of the molecule is CCCCn1nnc(C(=O)O)c1C(F)(F)F. The summed E-state index contributed by atoms with van der Waals surface area (Å²) < 4.78 is 38.3. The van der Waals surface area contributed by atoms with Gasteiger partial charge < -0.3 is 5.11 Å². The van der Waals surface area contributed by atoms with E-state index in [0.717, 1.165) is 0 Å². The lowest BCUT2D eigenvalue weighted by atomic mass is 10.3. The van der Waals surface area contributed by atoms with Gasteiger partial charge in [0.15, 0.2) is 5.69 Å². The predicted molar refractivity (Wildman–Crippen MR) is 46.9 cm³/mol. The first-order valence-corrected chi connectivity index (χ1v) is 4.62. The van der Waals surface area contributed by atoms with Crippen molar-refractivity contribution in [1.82, 2.24) is 15.0 Å². The summed E-state index contributed by atoms with van der Waals surface area (Å²) in [5, 5.41) is 14.8. The third kappa shape index (κ3) is 2.50. The van der Waals surface area contributed by atoms with Crippen LogP contribution in [0.5, 0.6) is 0 Å². The van der Waals surface area contributed by atoms with Gasteiger partial charge in [-0.3, -0.25) is 0 Å². The molecule has 8 heteroatoms. The number of unbranched alkanes of at least 4 members (excludes halogenated alkanes) is 1. The molecule has 90 valence electrons. The largest absolute Gasteiger partial charge is 0.476 e. The number of hydrogen-bond donors (Lipinski definition) is 1. The van der Waals surface area contributed by atoms with Crippen molar-refractivity contribution in [2.24, 2.45) is 0 Å². The molecule has 0 atom stereocenters. The molecule has 0 aromatic carbocycles. The number of aromatic nitrogens is 3. The summed E-state index contributed by atoms with van der Waals surface area (Å²) in [5.41, 5.74) is -2.35. The average Bonchev–Trinajstić information content (AvgIpc) is 2.57. The van der Waals surface area contributed by atoms with E-state index in [-0.39, 0.29) is 6.54 Å². The van der Waals surface area contributed by atoms with Gasteiger partial charge >= 0.3 is 12.1 Å². The Balaban J connectivity index is 3.15. The van der Waals surface area contributed by atoms with Gasteiger partial charge in [0.05, 0.1) is 0 Å². The molecule has 0 radical (unpaired) electrons. The zero-order valence-corrected chi connectivity index (χ0v) is 8.45. The Hall–Kier alpha value is -1.60. The van der Waals surface area contributed by atoms with Crippen molar-refractivity contribution in [3.63, 3.8) is 0 Å². The van der Waals surface area contributed by atoms with E-state index in [1.54, 1.807) is 0 Å². The van der Waals surface area contributed by atoms with Gasteiger partial charge in [0.2, 0.25) is 5.69 Å². The van der Waals surface area contributed by atoms with Crippen molar-refractivity contribution in [3.8, 4) is 0 Å². The van der Waals surface area contributed by atoms with Crippen LogP contribution < -0.4 is 0 Å². The molecule has 5 nitrogen and oxygen atoms in total. The monoisotopic (exact) mass is 237 g/mol. The number of carbonyl (C=O) groups is 1. The van der Waals surface area contributed by atoms with Crippen molar-refractivity contribution in [2.45, 2.75) is 32.5 Å². The maximum Gasteiger partial charge on any atom is 0.435 e. The quantitative estimate of drug-likeness (QED) is 0.866. The van der Waals surface area contributed by atoms with E-state index < -0.39 is 23.5 Å². The minimum atomic E-state index is -4.76. The smallest absolute Gasteiger partial charge is 0.435 e. The molecule has 0 bridgehead atoms. The van der Waals surface area contributed by atoms with Crippen LogP contribution in [0.1, 0.15) is 35.9 Å². The molecule has 1 aromatic heterocycles. The van der Waals surface area contributed by atoms with Crippen LogP contribution >= 0.6 is 0 Å². The molecular formula is C8H10F3N3O2. The lowest BCUT2D eigenvalue weighted by Gasteiger charge is -2.09. The van der Waals surface area contributed by atoms with E-state index in [2.05, 4.69) is 10.3 Å². The van der Waals surface area contributed by atoms with Crippen LogP contribution in [-0.2, 0) is 12.7 Å². The number of nitrogens with zero attached hydrogens (tertiary/aromatic N) is 3. The van der Waals surface area contributed by atoms with Crippen molar-refractivity contribution < 1.29 is 23.1 Å². The third-order valence-electron chi connectivity index (χ3n) is 1.93. The van der Waals surface area contributed by atoms with Crippen LogP contribution in [0.15, 0.2) is 0 Å². The number of aryl methyl sites for hydroxylation is 1. The fraction of sp³-hybridized carbons (Fsp3) is 0.625. The van der Waals surface area contributed by atoms with Crippen LogP contribution in [0.4, 0.5) is 13.2 Å². The number of carboxylic acids is 1. The van der Waals surface area contributed by atoms with Gasteiger partial charge in [-0.15, -0.1) is 5.10 Å². The topological polar surface area (TPSA) is 68.0 Å². The molecule has 1 rings (SSSR count). The molecule has 0 aliphatic rings. The second kappa shape index (κ2) is 4.50. The molecule has 1 heterocycles. The highest BCUT2D eigenvalue weighted by atomic mass is 19.4. The van der Waals surface area contributed by atoms with Crippen LogP contribution in [-0.4, -0.2) is 26.1 Å². The number of aromatic carboxylic acids is 1. The lowest BCUT2D eigenvalue weighted by Crippen LogP contribution is -2.18. The molecule has 0 saturated heterocycles. The molecule has 0 aliphatic carbocycles. The Morgan fingerprint density at radius 3 is 2.56 bits per heavy atom. The molecule has 1 aromatic rings. The Morgan fingerprint density at radius 1 is 1.50 bits per heavy atom. The van der Waals surface area contributed by atoms with E-state index in [4.69, 9.17) is 5.11 Å². The van der Waals surface area contributed by atoms with Crippen LogP contribution in [0.25, 0.3) is 0 Å². The highest BCUT2D eigenvalue weighted by Gasteiger charge is 2.41. The van der Waals surface area contributed by atoms with Gasteiger partial charge in [0, 0.05) is 6.54 Å². The predicted octanol–water partition coefficient (Wildman–Crippen LogP) is 1.80. The summed E-state index contributed by atoms with van der Waals surface area (Å²) >= 11 is 0. The fourth-order valence-electron chi connectivity index (χ4n) is 1.20. The second-order valence-electron chi connectivity index (χ2n) is 3.17. The summed E-state index contributed by atoms with van der Waals surface area (Å²) in [6.45, 7) is 1.81. The van der Waals surface area contributed by atoms with E-state index in [1.165, 1.54) is 0 Å². The van der Waals surface area contributed by atoms with Crippen LogP contribution in [0, 0.1) is 0 Å². The third-order valence-corrected chi connectivity index (χ3v) is 1.93. The Labute approximate surface area is 88.9 Å². The van der Waals surface area contributed by atoms with E-state index in [1.807, 2.05) is 6.92 Å². The highest BCUT2D eigenvalue weighted by Crippen LogP contribution is 2.31. The summed E-state index contributed by atoms with van der Waals surface area (Å²) in [7, 11) is 0. The minimum Gasteiger partial charge on any atom is -0.476 e. The van der Waals surface area contributed by atoms with Crippen molar-refractivity contribution in [3.05, 3.63) is 11.4 Å². The first-order chi connectivity index (χ1) is 7.38. The molecule has 0 unspecified atom stereocenters. The zero-order valence-electron chi connectivity index (χ0n) is 8.45. The molecule has 0 fully saturated rings. The number of carboxylic acid groups (broad SMARTS) is 1. The summed E-state index contributed by atoms with van der Waals surface area (Å²) in [6.07, 6.45) is -3.60. The summed E-state index contributed by atoms with van der Waals surface area (Å²) in [6, 6.07) is 0. The lowest BCUT2D eigenvalue weighted by molar-refractivity contribution is -0.144. The standard InChI is InChI=1S/C8H10F3N3O2/c1-2-3-4-14-6(8(9,10)11)5(7(15)16)12-13-14/h2-4H2,1H3,(H,15,16). The van der Waals surface area contributed by atoms with Gasteiger partial charge in [-0.25, -0.2) is 9.48 Å². The van der Waals surface area contributed by atoms with Gasteiger partial charge in [-0.2, -0.15) is 13.2 Å². The van der Waals surface area contributed by atoms with Gasteiger partial charge in [-0.05, 0) is 6.42 Å². The fourth-order valence-corrected chi connectivity index (χ4v) is 1.20. The maximum absolute atomic E-state index is 12.6. The molecule has 1 N–H and O–H groups in total. The molecular weight excluding hydrogens is 227 g/mol. The van der Waals surface area contributed by atoms with Gasteiger partial charge in [-0.1, -0.05) is 18.6 Å². The van der Waals surface area contributed by atoms with Crippen LogP contribution in [0.2, 0.25) is 0 Å². The normalized spacial score (nSPS) is 11.8. The molecule has 0 aliphatic heterocycles. The Kier molecular flexibility index (Phi) is 3.51. The second-order valence-corrected chi connectivity index (χ2v) is 3.17. The summed E-state index contributed by atoms with van der Waals surface area (Å²) in [5.74, 6) is -1.73. The molecule has 0 amide bonds. The van der Waals surface area contributed by atoms with Gasteiger partial charge in [0.1, 0.15) is 0 Å². The number of rotatable bonds is 4. The average molecular weight is 237 g/mol. The first-order valence-electron chi connectivity index (χ1n) is 4.62. The van der Waals surface area contributed by atoms with Gasteiger partial charge in [0.25, 0.3) is 0 Å². The van der Waals surface area contributed by atoms with E-state index in [0.29, 0.717) is 17.5 Å². The zero-order chi connectivity index (χ0) is 12.3. The first kappa shape index (κ1) is 12.5. The molecule has 0 spiro atoms. The minimum absolute atomic E-state index is 0.00558. The molecule has 16 heavy (non-hydrogen) atoms. The Morgan fingerprint density at radius 2 is 2.12 bits per heavy atom. The van der Waals surface area contributed by atoms with Crippen molar-refractivity contribution in [2.75, 3.05) is 0 Å². The van der Waals surface area contributed by atoms with E-state index >= 15 is 0 Å².